The van der Waals surface area contributed by atoms with E-state index >= 15 is 0 Å². The molecule has 30 heavy (non-hydrogen) atoms. The minimum atomic E-state index is -3.94. The van der Waals surface area contributed by atoms with Gasteiger partial charge < -0.3 is 0 Å². The molecule has 0 bridgehead atoms. The molecule has 0 fully saturated rings. The van der Waals surface area contributed by atoms with Gasteiger partial charge in [0.1, 0.15) is 5.82 Å². The van der Waals surface area contributed by atoms with E-state index in [0.717, 1.165) is 16.6 Å². The summed E-state index contributed by atoms with van der Waals surface area (Å²) in [5.74, 6) is -2.35. The van der Waals surface area contributed by atoms with Crippen LogP contribution in [0.2, 0.25) is 0 Å². The fourth-order valence-corrected chi connectivity index (χ4v) is 3.80. The average molecular weight is 492 g/mol. The molecule has 0 atom stereocenters. The zero-order chi connectivity index (χ0) is 21.7. The van der Waals surface area contributed by atoms with Gasteiger partial charge in [0.2, 0.25) is 0 Å². The number of anilines is 1. The molecule has 0 heterocycles. The Balaban J connectivity index is 1.71. The zero-order valence-corrected chi connectivity index (χ0v) is 17.6. The summed E-state index contributed by atoms with van der Waals surface area (Å²) in [6.45, 7) is 0. The number of amides is 2. The largest absolute Gasteiger partial charge is 0.280 e. The Morgan fingerprint density at radius 2 is 1.50 bits per heavy atom. The Kier molecular flexibility index (Phi) is 6.48. The fourth-order valence-electron chi connectivity index (χ4n) is 2.43. The number of hydrogen-bond acceptors (Lipinski definition) is 4. The van der Waals surface area contributed by atoms with Crippen molar-refractivity contribution >= 4 is 43.5 Å². The summed E-state index contributed by atoms with van der Waals surface area (Å²) in [5.41, 5.74) is 4.32. The number of hydrogen-bond donors (Lipinski definition) is 3. The summed E-state index contributed by atoms with van der Waals surface area (Å²) < 4.78 is 42.0. The number of carbonyl (C=O) groups is 2. The van der Waals surface area contributed by atoms with Crippen molar-refractivity contribution in [3.63, 3.8) is 0 Å². The first-order valence-electron chi connectivity index (χ1n) is 8.50. The minimum absolute atomic E-state index is 0.0116. The maximum absolute atomic E-state index is 13.6. The highest BCUT2D eigenvalue weighted by Gasteiger charge is 2.17. The molecule has 0 spiro atoms. The van der Waals surface area contributed by atoms with Gasteiger partial charge in [0.25, 0.3) is 21.8 Å². The molecule has 2 amide bonds. The van der Waals surface area contributed by atoms with Crippen molar-refractivity contribution in [2.24, 2.45) is 0 Å². The van der Waals surface area contributed by atoms with Gasteiger partial charge >= 0.3 is 0 Å². The first-order chi connectivity index (χ1) is 14.3. The van der Waals surface area contributed by atoms with Gasteiger partial charge in [0.05, 0.1) is 10.5 Å². The van der Waals surface area contributed by atoms with Crippen LogP contribution in [0.5, 0.6) is 0 Å². The lowest BCUT2D eigenvalue weighted by molar-refractivity contribution is 0.0844. The molecular formula is C20H15BrFN3O4S. The van der Waals surface area contributed by atoms with Crippen molar-refractivity contribution in [3.05, 3.63) is 94.2 Å². The van der Waals surface area contributed by atoms with Gasteiger partial charge in [0.15, 0.2) is 0 Å². The van der Waals surface area contributed by atoms with Crippen molar-refractivity contribution < 1.29 is 22.4 Å². The topological polar surface area (TPSA) is 104 Å². The summed E-state index contributed by atoms with van der Waals surface area (Å²) in [6, 6.07) is 17.1. The highest BCUT2D eigenvalue weighted by atomic mass is 79.9. The van der Waals surface area contributed by atoms with Gasteiger partial charge in [-0.15, -0.1) is 0 Å². The standard InChI is InChI=1S/C20H15BrFN3O4S/c21-14-8-10-15(11-9-14)25-30(28,29)16-5-3-4-13(12-16)19(26)23-24-20(27)17-6-1-2-7-18(17)22/h1-12,25H,(H,23,26)(H,24,27). The van der Waals surface area contributed by atoms with Crippen molar-refractivity contribution in [2.75, 3.05) is 4.72 Å². The maximum atomic E-state index is 13.6. The average Bonchev–Trinajstić information content (AvgIpc) is 2.73. The lowest BCUT2D eigenvalue weighted by Gasteiger charge is -2.11. The highest BCUT2D eigenvalue weighted by Crippen LogP contribution is 2.19. The van der Waals surface area contributed by atoms with Crippen LogP contribution in [-0.4, -0.2) is 20.2 Å². The summed E-state index contributed by atoms with van der Waals surface area (Å²) >= 11 is 3.27. The molecule has 0 saturated heterocycles. The second-order valence-corrected chi connectivity index (χ2v) is 8.63. The van der Waals surface area contributed by atoms with E-state index < -0.39 is 27.7 Å². The maximum Gasteiger partial charge on any atom is 0.272 e. The molecule has 154 valence electrons. The molecule has 7 nitrogen and oxygen atoms in total. The zero-order valence-electron chi connectivity index (χ0n) is 15.2. The predicted octanol–water partition coefficient (Wildman–Crippen LogP) is 3.46. The third-order valence-corrected chi connectivity index (χ3v) is 5.82. The van der Waals surface area contributed by atoms with Gasteiger partial charge in [-0.1, -0.05) is 34.1 Å². The molecule has 3 N–H and O–H groups in total. The smallest absolute Gasteiger partial charge is 0.272 e. The Labute approximate surface area is 180 Å². The van der Waals surface area contributed by atoms with Crippen LogP contribution in [0, 0.1) is 5.82 Å². The Bertz CT molecular complexity index is 1200. The van der Waals surface area contributed by atoms with Crippen LogP contribution >= 0.6 is 15.9 Å². The molecule has 3 aromatic carbocycles. The van der Waals surface area contributed by atoms with Crippen molar-refractivity contribution in [1.29, 1.82) is 0 Å². The van der Waals surface area contributed by atoms with E-state index in [1.165, 1.54) is 36.4 Å². The molecule has 0 saturated carbocycles. The molecular weight excluding hydrogens is 477 g/mol. The normalized spacial score (nSPS) is 10.9. The fraction of sp³-hybridized carbons (Fsp3) is 0. The second-order valence-electron chi connectivity index (χ2n) is 6.03. The monoisotopic (exact) mass is 491 g/mol. The van der Waals surface area contributed by atoms with Crippen molar-refractivity contribution in [3.8, 4) is 0 Å². The molecule has 3 rings (SSSR count). The quantitative estimate of drug-likeness (QED) is 0.475. The summed E-state index contributed by atoms with van der Waals surface area (Å²) in [4.78, 5) is 24.1. The molecule has 0 aliphatic rings. The Morgan fingerprint density at radius 1 is 0.833 bits per heavy atom. The van der Waals surface area contributed by atoms with Crippen LogP contribution in [0.1, 0.15) is 20.7 Å². The van der Waals surface area contributed by atoms with Gasteiger partial charge in [0, 0.05) is 15.7 Å². The minimum Gasteiger partial charge on any atom is -0.280 e. The van der Waals surface area contributed by atoms with Crippen LogP contribution in [0.4, 0.5) is 10.1 Å². The first-order valence-corrected chi connectivity index (χ1v) is 10.8. The number of benzene rings is 3. The van der Waals surface area contributed by atoms with Gasteiger partial charge in [-0.25, -0.2) is 12.8 Å². The molecule has 10 heteroatoms. The molecule has 0 aliphatic carbocycles. The Morgan fingerprint density at radius 3 is 2.20 bits per heavy atom. The van der Waals surface area contributed by atoms with Gasteiger partial charge in [-0.05, 0) is 54.6 Å². The molecule has 3 aromatic rings. The molecule has 0 aliphatic heterocycles. The predicted molar refractivity (Wildman–Crippen MR) is 113 cm³/mol. The number of sulfonamides is 1. The number of nitrogens with one attached hydrogen (secondary N) is 3. The molecule has 0 unspecified atom stereocenters. The number of rotatable bonds is 5. The van der Waals surface area contributed by atoms with Crippen LogP contribution in [-0.2, 0) is 10.0 Å². The lowest BCUT2D eigenvalue weighted by Crippen LogP contribution is -2.42. The van der Waals surface area contributed by atoms with Crippen LogP contribution in [0.3, 0.4) is 0 Å². The van der Waals surface area contributed by atoms with Crippen LogP contribution in [0.25, 0.3) is 0 Å². The van der Waals surface area contributed by atoms with Crippen molar-refractivity contribution in [2.45, 2.75) is 4.90 Å². The van der Waals surface area contributed by atoms with Crippen LogP contribution in [0.15, 0.2) is 82.2 Å². The summed E-state index contributed by atoms with van der Waals surface area (Å²) in [5, 5.41) is 0. The third kappa shape index (κ3) is 5.22. The number of halogens is 2. The molecule has 0 radical (unpaired) electrons. The number of hydrazine groups is 1. The van der Waals surface area contributed by atoms with E-state index in [-0.39, 0.29) is 16.0 Å². The van der Waals surface area contributed by atoms with Crippen molar-refractivity contribution in [1.82, 2.24) is 10.9 Å². The van der Waals surface area contributed by atoms with E-state index in [1.54, 1.807) is 24.3 Å². The number of carbonyl (C=O) groups excluding carboxylic acids is 2. The van der Waals surface area contributed by atoms with Crippen LogP contribution < -0.4 is 15.6 Å². The first kappa shape index (κ1) is 21.5. The highest BCUT2D eigenvalue weighted by molar-refractivity contribution is 9.10. The van der Waals surface area contributed by atoms with E-state index in [2.05, 4.69) is 31.5 Å². The van der Waals surface area contributed by atoms with E-state index in [0.29, 0.717) is 5.69 Å². The summed E-state index contributed by atoms with van der Waals surface area (Å²) in [7, 11) is -3.94. The van der Waals surface area contributed by atoms with E-state index in [4.69, 9.17) is 0 Å². The summed E-state index contributed by atoms with van der Waals surface area (Å²) in [6.07, 6.45) is 0. The Hall–Kier alpha value is -3.24. The van der Waals surface area contributed by atoms with E-state index in [1.807, 2.05) is 0 Å². The lowest BCUT2D eigenvalue weighted by atomic mass is 10.2. The van der Waals surface area contributed by atoms with E-state index in [9.17, 15) is 22.4 Å². The molecule has 0 aromatic heterocycles. The second kappa shape index (κ2) is 9.06. The SMILES string of the molecule is O=C(NNC(=O)c1ccccc1F)c1cccc(S(=O)(=O)Nc2ccc(Br)cc2)c1. The van der Waals surface area contributed by atoms with Gasteiger partial charge in [-0.3, -0.25) is 25.2 Å². The third-order valence-electron chi connectivity index (χ3n) is 3.91. The van der Waals surface area contributed by atoms with Gasteiger partial charge in [-0.2, -0.15) is 0 Å².